The van der Waals surface area contributed by atoms with Gasteiger partial charge in [-0.1, -0.05) is 18.2 Å². The van der Waals surface area contributed by atoms with Crippen LogP contribution in [0.4, 0.5) is 4.39 Å². The molecule has 0 aliphatic heterocycles. The molecule has 0 aromatic heterocycles. The van der Waals surface area contributed by atoms with Gasteiger partial charge in [-0.3, -0.25) is 0 Å². The molecule has 1 aromatic rings. The molecule has 0 aliphatic carbocycles. The van der Waals surface area contributed by atoms with Gasteiger partial charge in [0.25, 0.3) is 0 Å². The fourth-order valence-corrected chi connectivity index (χ4v) is 1.20. The van der Waals surface area contributed by atoms with Crippen molar-refractivity contribution in [3.63, 3.8) is 0 Å². The van der Waals surface area contributed by atoms with Crippen molar-refractivity contribution in [1.29, 1.82) is 0 Å². The van der Waals surface area contributed by atoms with Gasteiger partial charge in [-0.25, -0.2) is 4.39 Å². The smallest absolute Gasteiger partial charge is 0.186 e. The van der Waals surface area contributed by atoms with Crippen LogP contribution in [0.5, 0.6) is 0 Å². The van der Waals surface area contributed by atoms with Crippen LogP contribution in [0.15, 0.2) is 24.3 Å². The van der Waals surface area contributed by atoms with Crippen molar-refractivity contribution >= 4 is 0 Å². The summed E-state index contributed by atoms with van der Waals surface area (Å²) in [6, 6.07) is 6.49. The van der Waals surface area contributed by atoms with E-state index >= 15 is 0 Å². The Morgan fingerprint density at radius 1 is 1.14 bits per heavy atom. The van der Waals surface area contributed by atoms with Crippen LogP contribution < -0.4 is 0 Å². The standard InChI is InChI=1S/C11H15FO2/c1-3-13-11(14-4-2)9-7-5-6-8-10(9)12/h5-8,11H,3-4H2,1-2H3. The molecule has 78 valence electrons. The van der Waals surface area contributed by atoms with Crippen LogP contribution in [0.25, 0.3) is 0 Å². The SMILES string of the molecule is CCOC(OCC)c1ccccc1F. The highest BCUT2D eigenvalue weighted by atomic mass is 19.1. The van der Waals surface area contributed by atoms with Gasteiger partial charge >= 0.3 is 0 Å². The van der Waals surface area contributed by atoms with Gasteiger partial charge in [0.1, 0.15) is 5.82 Å². The predicted octanol–water partition coefficient (Wildman–Crippen LogP) is 2.90. The van der Waals surface area contributed by atoms with E-state index in [1.54, 1.807) is 18.2 Å². The van der Waals surface area contributed by atoms with Crippen LogP contribution in [-0.2, 0) is 9.47 Å². The number of halogens is 1. The van der Waals surface area contributed by atoms with Crippen LogP contribution in [0.3, 0.4) is 0 Å². The second-order valence-corrected chi connectivity index (χ2v) is 2.76. The van der Waals surface area contributed by atoms with Gasteiger partial charge in [0.05, 0.1) is 0 Å². The molecule has 14 heavy (non-hydrogen) atoms. The lowest BCUT2D eigenvalue weighted by Crippen LogP contribution is -2.10. The van der Waals surface area contributed by atoms with Crippen molar-refractivity contribution in [2.75, 3.05) is 13.2 Å². The van der Waals surface area contributed by atoms with Crippen molar-refractivity contribution < 1.29 is 13.9 Å². The highest BCUT2D eigenvalue weighted by Gasteiger charge is 2.14. The quantitative estimate of drug-likeness (QED) is 0.677. The fourth-order valence-electron chi connectivity index (χ4n) is 1.20. The van der Waals surface area contributed by atoms with Gasteiger partial charge in [0.15, 0.2) is 6.29 Å². The molecule has 1 rings (SSSR count). The Morgan fingerprint density at radius 3 is 2.21 bits per heavy atom. The Balaban J connectivity index is 2.81. The molecule has 0 aliphatic rings. The lowest BCUT2D eigenvalue weighted by Gasteiger charge is -2.17. The van der Waals surface area contributed by atoms with Crippen LogP contribution >= 0.6 is 0 Å². The number of rotatable bonds is 5. The minimum Gasteiger partial charge on any atom is -0.349 e. The monoisotopic (exact) mass is 198 g/mol. The van der Waals surface area contributed by atoms with Crippen molar-refractivity contribution in [2.45, 2.75) is 20.1 Å². The van der Waals surface area contributed by atoms with Gasteiger partial charge in [-0.15, -0.1) is 0 Å². The molecule has 0 fully saturated rings. The summed E-state index contributed by atoms with van der Waals surface area (Å²) >= 11 is 0. The normalized spacial score (nSPS) is 10.9. The minimum atomic E-state index is -0.591. The lowest BCUT2D eigenvalue weighted by molar-refractivity contribution is -0.141. The number of ether oxygens (including phenoxy) is 2. The summed E-state index contributed by atoms with van der Waals surface area (Å²) < 4.78 is 23.9. The first-order chi connectivity index (χ1) is 6.79. The Hall–Kier alpha value is -0.930. The van der Waals surface area contributed by atoms with E-state index in [-0.39, 0.29) is 5.82 Å². The molecule has 0 heterocycles. The van der Waals surface area contributed by atoms with E-state index in [1.807, 2.05) is 13.8 Å². The van der Waals surface area contributed by atoms with E-state index < -0.39 is 6.29 Å². The van der Waals surface area contributed by atoms with Crippen LogP contribution in [0, 0.1) is 5.82 Å². The van der Waals surface area contributed by atoms with Gasteiger partial charge in [0, 0.05) is 18.8 Å². The van der Waals surface area contributed by atoms with Gasteiger partial charge in [0.2, 0.25) is 0 Å². The third-order valence-corrected chi connectivity index (χ3v) is 1.80. The first-order valence-corrected chi connectivity index (χ1v) is 4.77. The Bertz CT molecular complexity index is 270. The molecule has 2 nitrogen and oxygen atoms in total. The van der Waals surface area contributed by atoms with Crippen molar-refractivity contribution in [3.05, 3.63) is 35.6 Å². The summed E-state index contributed by atoms with van der Waals surface area (Å²) in [5.41, 5.74) is 0.455. The summed E-state index contributed by atoms with van der Waals surface area (Å²) in [5.74, 6) is -0.292. The maximum atomic E-state index is 13.3. The molecule has 0 saturated carbocycles. The zero-order chi connectivity index (χ0) is 10.4. The van der Waals surface area contributed by atoms with E-state index in [1.165, 1.54) is 6.07 Å². The maximum Gasteiger partial charge on any atom is 0.186 e. The molecule has 0 N–H and O–H groups in total. The number of benzene rings is 1. The zero-order valence-corrected chi connectivity index (χ0v) is 8.50. The average molecular weight is 198 g/mol. The van der Waals surface area contributed by atoms with Crippen molar-refractivity contribution in [3.8, 4) is 0 Å². The summed E-state index contributed by atoms with van der Waals surface area (Å²) in [6.45, 7) is 4.71. The van der Waals surface area contributed by atoms with E-state index in [0.29, 0.717) is 18.8 Å². The molecular weight excluding hydrogens is 183 g/mol. The summed E-state index contributed by atoms with van der Waals surface area (Å²) in [7, 11) is 0. The second kappa shape index (κ2) is 5.73. The molecular formula is C11H15FO2. The largest absolute Gasteiger partial charge is 0.349 e. The second-order valence-electron chi connectivity index (χ2n) is 2.76. The number of hydrogen-bond acceptors (Lipinski definition) is 2. The van der Waals surface area contributed by atoms with Crippen LogP contribution in [0.2, 0.25) is 0 Å². The first kappa shape index (κ1) is 11.1. The average Bonchev–Trinajstić information content (AvgIpc) is 2.18. The molecule has 0 spiro atoms. The summed E-state index contributed by atoms with van der Waals surface area (Å²) in [4.78, 5) is 0. The summed E-state index contributed by atoms with van der Waals surface area (Å²) in [6.07, 6.45) is -0.591. The third-order valence-electron chi connectivity index (χ3n) is 1.80. The lowest BCUT2D eigenvalue weighted by atomic mass is 10.2. The molecule has 0 amide bonds. The van der Waals surface area contributed by atoms with Gasteiger partial charge < -0.3 is 9.47 Å². The minimum absolute atomic E-state index is 0.292. The molecule has 0 unspecified atom stereocenters. The highest BCUT2D eigenvalue weighted by molar-refractivity contribution is 5.18. The van der Waals surface area contributed by atoms with E-state index in [2.05, 4.69) is 0 Å². The van der Waals surface area contributed by atoms with E-state index in [9.17, 15) is 4.39 Å². The molecule has 0 bridgehead atoms. The fraction of sp³-hybridized carbons (Fsp3) is 0.455. The zero-order valence-electron chi connectivity index (χ0n) is 8.50. The van der Waals surface area contributed by atoms with Crippen LogP contribution in [0.1, 0.15) is 25.7 Å². The highest BCUT2D eigenvalue weighted by Crippen LogP contribution is 2.21. The van der Waals surface area contributed by atoms with Crippen molar-refractivity contribution in [2.24, 2.45) is 0 Å². The van der Waals surface area contributed by atoms with E-state index in [4.69, 9.17) is 9.47 Å². The molecule has 0 atom stereocenters. The van der Waals surface area contributed by atoms with Gasteiger partial charge in [-0.05, 0) is 19.9 Å². The Kier molecular flexibility index (Phi) is 4.56. The topological polar surface area (TPSA) is 18.5 Å². The first-order valence-electron chi connectivity index (χ1n) is 4.77. The maximum absolute atomic E-state index is 13.3. The predicted molar refractivity (Wildman–Crippen MR) is 52.4 cm³/mol. The van der Waals surface area contributed by atoms with Crippen molar-refractivity contribution in [1.82, 2.24) is 0 Å². The Morgan fingerprint density at radius 2 is 1.71 bits per heavy atom. The van der Waals surface area contributed by atoms with Gasteiger partial charge in [-0.2, -0.15) is 0 Å². The van der Waals surface area contributed by atoms with E-state index in [0.717, 1.165) is 0 Å². The molecule has 1 aromatic carbocycles. The van der Waals surface area contributed by atoms with Crippen LogP contribution in [-0.4, -0.2) is 13.2 Å². The molecule has 0 saturated heterocycles. The molecule has 0 radical (unpaired) electrons. The Labute approximate surface area is 83.6 Å². The summed E-state index contributed by atoms with van der Waals surface area (Å²) in [5, 5.41) is 0. The molecule has 3 heteroatoms. The number of hydrogen-bond donors (Lipinski definition) is 0. The third kappa shape index (κ3) is 2.79.